The molecule has 1 aliphatic rings. The van der Waals surface area contributed by atoms with Crippen LogP contribution in [0.25, 0.3) is 0 Å². The molecule has 1 N–H and O–H groups in total. The van der Waals surface area contributed by atoms with Crippen LogP contribution in [0.2, 0.25) is 0 Å². The Morgan fingerprint density at radius 3 is 2.44 bits per heavy atom. The van der Waals surface area contributed by atoms with Crippen molar-refractivity contribution in [1.82, 2.24) is 5.43 Å². The molecule has 5 nitrogen and oxygen atoms in total. The first-order valence-corrected chi connectivity index (χ1v) is 3.09. The van der Waals surface area contributed by atoms with Gasteiger partial charge in [0.25, 0.3) is 0 Å². The van der Waals surface area contributed by atoms with E-state index in [2.05, 4.69) is 5.10 Å². The lowest BCUT2D eigenvalue weighted by atomic mass is 10.5. The smallest absolute Gasteiger partial charge is 0.243 e. The first-order chi connectivity index (χ1) is 4.22. The number of hydrogen-bond acceptors (Lipinski definition) is 4. The second kappa shape index (κ2) is 1.98. The maximum absolute atomic E-state index is 10.4. The molecule has 1 heterocycles. The van der Waals surface area contributed by atoms with Crippen molar-refractivity contribution in [3.63, 3.8) is 0 Å². The highest BCUT2D eigenvalue weighted by Gasteiger charge is 2.14. The van der Waals surface area contributed by atoms with Gasteiger partial charge in [-0.15, -0.1) is 0 Å². The third-order valence-electron chi connectivity index (χ3n) is 0.738. The molecular weight excluding hydrogens is 144 g/mol. The van der Waals surface area contributed by atoms with E-state index in [1.54, 1.807) is 0 Å². The molecule has 0 saturated heterocycles. The van der Waals surface area contributed by atoms with Gasteiger partial charge in [0.2, 0.25) is 21.1 Å². The predicted molar refractivity (Wildman–Crippen MR) is 30.6 cm³/mol. The van der Waals surface area contributed by atoms with Crippen molar-refractivity contribution in [2.24, 2.45) is 5.10 Å². The summed E-state index contributed by atoms with van der Waals surface area (Å²) >= 11 is 0. The minimum atomic E-state index is -2.49. The van der Waals surface area contributed by atoms with Crippen molar-refractivity contribution in [2.75, 3.05) is 0 Å². The van der Waals surface area contributed by atoms with Crippen LogP contribution in [0.3, 0.4) is 0 Å². The Labute approximate surface area is 51.9 Å². The van der Waals surface area contributed by atoms with Gasteiger partial charge in [-0.2, -0.15) is 13.5 Å². The molecule has 1 rings (SSSR count). The highest BCUT2D eigenvalue weighted by molar-refractivity contribution is 7.75. The lowest BCUT2D eigenvalue weighted by Gasteiger charge is -1.80. The number of carbonyl (C=O) groups is 1. The van der Waals surface area contributed by atoms with Gasteiger partial charge in [-0.3, -0.25) is 10.2 Å². The molecule has 48 valence electrons. The minimum absolute atomic E-state index is 0.394. The summed E-state index contributed by atoms with van der Waals surface area (Å²) in [5, 5.41) is 3.21. The lowest BCUT2D eigenvalue weighted by molar-refractivity contribution is -0.106. The standard InChI is InChI=1S/C3H2N2O3S/c6-2-1-4-5-3(2)9(7)8/h1,5H. The van der Waals surface area contributed by atoms with Crippen molar-refractivity contribution in [2.45, 2.75) is 0 Å². The van der Waals surface area contributed by atoms with Gasteiger partial charge in [0, 0.05) is 0 Å². The number of Topliss-reactive ketones (excluding diaryl/α,β-unsaturated/α-hetero) is 1. The monoisotopic (exact) mass is 146 g/mol. The van der Waals surface area contributed by atoms with E-state index in [4.69, 9.17) is 0 Å². The van der Waals surface area contributed by atoms with E-state index in [0.717, 1.165) is 6.21 Å². The van der Waals surface area contributed by atoms with Gasteiger partial charge in [0.15, 0.2) is 0 Å². The molecule has 0 aromatic rings. The second-order valence-electron chi connectivity index (χ2n) is 1.30. The van der Waals surface area contributed by atoms with Crippen LogP contribution in [-0.4, -0.2) is 25.4 Å². The van der Waals surface area contributed by atoms with Gasteiger partial charge in [-0.25, -0.2) is 0 Å². The van der Waals surface area contributed by atoms with E-state index < -0.39 is 21.1 Å². The zero-order chi connectivity index (χ0) is 6.85. The van der Waals surface area contributed by atoms with Crippen molar-refractivity contribution >= 4 is 27.3 Å². The molecule has 0 fully saturated rings. The minimum Gasteiger partial charge on any atom is -0.285 e. The zero-order valence-electron chi connectivity index (χ0n) is 4.16. The van der Waals surface area contributed by atoms with Crippen LogP contribution in [0.4, 0.5) is 0 Å². The third kappa shape index (κ3) is 0.968. The van der Waals surface area contributed by atoms with Crippen LogP contribution in [0, 0.1) is 0 Å². The summed E-state index contributed by atoms with van der Waals surface area (Å²) in [7, 11) is -2.49. The van der Waals surface area contributed by atoms with Gasteiger partial charge in [-0.1, -0.05) is 0 Å². The molecule has 6 heteroatoms. The summed E-state index contributed by atoms with van der Waals surface area (Å²) in [5.74, 6) is -0.608. The van der Waals surface area contributed by atoms with E-state index in [1.807, 2.05) is 5.43 Å². The van der Waals surface area contributed by atoms with Crippen LogP contribution in [0.1, 0.15) is 0 Å². The molecule has 0 bridgehead atoms. The largest absolute Gasteiger partial charge is 0.285 e. The molecule has 0 aliphatic carbocycles. The van der Waals surface area contributed by atoms with Crippen molar-refractivity contribution in [3.05, 3.63) is 0 Å². The Hall–Kier alpha value is -1.17. The Balaban J connectivity index is 3.20. The summed E-state index contributed by atoms with van der Waals surface area (Å²) in [4.78, 5) is 9.98. The summed E-state index contributed by atoms with van der Waals surface area (Å²) in [6.45, 7) is 0. The molecule has 9 heavy (non-hydrogen) atoms. The van der Waals surface area contributed by atoms with Crippen LogP contribution in [0.15, 0.2) is 5.10 Å². The van der Waals surface area contributed by atoms with Crippen molar-refractivity contribution in [1.29, 1.82) is 0 Å². The number of nitrogens with zero attached hydrogens (tertiary/aromatic N) is 1. The number of carbonyl (C=O) groups excluding carboxylic acids is 1. The fourth-order valence-electron chi connectivity index (χ4n) is 0.383. The number of nitrogens with one attached hydrogen (secondary N) is 1. The number of hydrazone groups is 1. The first-order valence-electron chi connectivity index (χ1n) is 2.01. The molecule has 0 unspecified atom stereocenters. The summed E-state index contributed by atoms with van der Waals surface area (Å²) in [5.41, 5.74) is 2.03. The summed E-state index contributed by atoms with van der Waals surface area (Å²) in [6, 6.07) is 0. The molecule has 0 spiro atoms. The zero-order valence-corrected chi connectivity index (χ0v) is 4.97. The van der Waals surface area contributed by atoms with Crippen molar-refractivity contribution < 1.29 is 13.2 Å². The first kappa shape index (κ1) is 5.96. The van der Waals surface area contributed by atoms with Gasteiger partial charge in [-0.05, 0) is 0 Å². The lowest BCUT2D eigenvalue weighted by Crippen LogP contribution is -2.20. The molecule has 0 radical (unpaired) electrons. The van der Waals surface area contributed by atoms with Crippen LogP contribution in [0.5, 0.6) is 0 Å². The van der Waals surface area contributed by atoms with Gasteiger partial charge >= 0.3 is 0 Å². The highest BCUT2D eigenvalue weighted by Crippen LogP contribution is 1.78. The Morgan fingerprint density at radius 2 is 2.22 bits per heavy atom. The SMILES string of the molecule is O=C1C=NNC1=S(=O)=O. The topological polar surface area (TPSA) is 75.6 Å². The number of hydrogen-bond donors (Lipinski definition) is 1. The Kier molecular flexibility index (Phi) is 1.31. The molecule has 0 atom stereocenters. The van der Waals surface area contributed by atoms with E-state index in [0.29, 0.717) is 0 Å². The van der Waals surface area contributed by atoms with Crippen LogP contribution < -0.4 is 5.43 Å². The van der Waals surface area contributed by atoms with Gasteiger partial charge < -0.3 is 0 Å². The van der Waals surface area contributed by atoms with Gasteiger partial charge in [0.05, 0.1) is 6.21 Å². The number of rotatable bonds is 0. The van der Waals surface area contributed by atoms with E-state index in [-0.39, 0.29) is 0 Å². The average Bonchev–Trinajstić information content (AvgIpc) is 2.13. The molecule has 0 saturated carbocycles. The number of ketones is 1. The maximum atomic E-state index is 10.4. The van der Waals surface area contributed by atoms with E-state index in [9.17, 15) is 13.2 Å². The fraction of sp³-hybridized carbons (Fsp3) is 0. The molecule has 0 aromatic carbocycles. The van der Waals surface area contributed by atoms with Crippen LogP contribution in [-0.2, 0) is 15.1 Å². The second-order valence-corrected chi connectivity index (χ2v) is 2.18. The average molecular weight is 146 g/mol. The molecule has 1 aliphatic heterocycles. The Morgan fingerprint density at radius 1 is 1.56 bits per heavy atom. The maximum Gasteiger partial charge on any atom is 0.243 e. The summed E-state index contributed by atoms with van der Waals surface area (Å²) in [6.07, 6.45) is 0.908. The third-order valence-corrected chi connectivity index (χ3v) is 1.36. The van der Waals surface area contributed by atoms with Gasteiger partial charge in [0.1, 0.15) is 0 Å². The molecule has 0 aromatic heterocycles. The normalized spacial score (nSPS) is 16.0. The fourth-order valence-corrected chi connectivity index (χ4v) is 0.727. The summed E-state index contributed by atoms with van der Waals surface area (Å²) < 4.78 is 20.0. The quantitative estimate of drug-likeness (QED) is 0.407. The van der Waals surface area contributed by atoms with E-state index in [1.165, 1.54) is 0 Å². The highest BCUT2D eigenvalue weighted by atomic mass is 32.2. The Bertz CT molecular complexity index is 291. The molecular formula is C3H2N2O3S. The van der Waals surface area contributed by atoms with Crippen molar-refractivity contribution in [3.8, 4) is 0 Å². The van der Waals surface area contributed by atoms with E-state index >= 15 is 0 Å². The van der Waals surface area contributed by atoms with Crippen LogP contribution >= 0.6 is 0 Å². The molecule has 0 amide bonds. The predicted octanol–water partition coefficient (Wildman–Crippen LogP) is -1.85.